The SMILES string of the molecule is CC(CNC(=O)c1cccc(NN)n1)CN1CCCC1. The van der Waals surface area contributed by atoms with E-state index < -0.39 is 0 Å². The van der Waals surface area contributed by atoms with Crippen molar-refractivity contribution in [2.45, 2.75) is 19.8 Å². The van der Waals surface area contributed by atoms with Gasteiger partial charge in [0.05, 0.1) is 0 Å². The lowest BCUT2D eigenvalue weighted by molar-refractivity contribution is 0.0940. The summed E-state index contributed by atoms with van der Waals surface area (Å²) in [6, 6.07) is 5.15. The molecule has 1 aromatic rings. The molecule has 0 saturated carbocycles. The first-order valence-corrected chi connectivity index (χ1v) is 7.13. The third kappa shape index (κ3) is 4.18. The predicted molar refractivity (Wildman–Crippen MR) is 79.2 cm³/mol. The van der Waals surface area contributed by atoms with Crippen molar-refractivity contribution in [3.63, 3.8) is 0 Å². The third-order valence-electron chi connectivity index (χ3n) is 3.51. The molecule has 1 unspecified atom stereocenters. The Morgan fingerprint density at radius 2 is 2.20 bits per heavy atom. The Bertz CT molecular complexity index is 445. The number of carbonyl (C=O) groups is 1. The van der Waals surface area contributed by atoms with Crippen LogP contribution < -0.4 is 16.6 Å². The summed E-state index contributed by atoms with van der Waals surface area (Å²) in [7, 11) is 0. The van der Waals surface area contributed by atoms with Crippen molar-refractivity contribution in [1.29, 1.82) is 0 Å². The van der Waals surface area contributed by atoms with E-state index in [1.54, 1.807) is 18.2 Å². The number of amides is 1. The first-order valence-electron chi connectivity index (χ1n) is 7.13. The third-order valence-corrected chi connectivity index (χ3v) is 3.51. The van der Waals surface area contributed by atoms with E-state index in [9.17, 15) is 4.79 Å². The highest BCUT2D eigenvalue weighted by atomic mass is 16.1. The van der Waals surface area contributed by atoms with Crippen molar-refractivity contribution in [3.05, 3.63) is 23.9 Å². The van der Waals surface area contributed by atoms with Crippen molar-refractivity contribution in [3.8, 4) is 0 Å². The number of hydrogen-bond acceptors (Lipinski definition) is 5. The minimum atomic E-state index is -0.157. The second kappa shape index (κ2) is 7.21. The lowest BCUT2D eigenvalue weighted by Gasteiger charge is -2.20. The van der Waals surface area contributed by atoms with E-state index in [2.05, 4.69) is 27.6 Å². The number of nitrogens with two attached hydrogens (primary N) is 1. The number of pyridine rings is 1. The van der Waals surface area contributed by atoms with Gasteiger partial charge in [0.1, 0.15) is 11.5 Å². The van der Waals surface area contributed by atoms with Gasteiger partial charge in [-0.3, -0.25) is 4.79 Å². The molecule has 1 aliphatic rings. The number of anilines is 1. The van der Waals surface area contributed by atoms with Crippen LogP contribution in [0.4, 0.5) is 5.82 Å². The fraction of sp³-hybridized carbons (Fsp3) is 0.571. The van der Waals surface area contributed by atoms with Gasteiger partial charge in [-0.15, -0.1) is 0 Å². The van der Waals surface area contributed by atoms with E-state index in [0.717, 1.165) is 6.54 Å². The molecule has 1 fully saturated rings. The summed E-state index contributed by atoms with van der Waals surface area (Å²) < 4.78 is 0. The summed E-state index contributed by atoms with van der Waals surface area (Å²) in [5.41, 5.74) is 2.82. The van der Waals surface area contributed by atoms with E-state index in [1.165, 1.54) is 25.9 Å². The van der Waals surface area contributed by atoms with Gasteiger partial charge in [-0.1, -0.05) is 13.0 Å². The maximum atomic E-state index is 12.0. The Hall–Kier alpha value is -1.66. The summed E-state index contributed by atoms with van der Waals surface area (Å²) in [4.78, 5) is 18.6. The van der Waals surface area contributed by atoms with Crippen LogP contribution in [-0.4, -0.2) is 42.0 Å². The van der Waals surface area contributed by atoms with Crippen LogP contribution in [0.2, 0.25) is 0 Å². The van der Waals surface area contributed by atoms with Gasteiger partial charge in [0.25, 0.3) is 5.91 Å². The molecule has 1 saturated heterocycles. The lowest BCUT2D eigenvalue weighted by atomic mass is 10.1. The Balaban J connectivity index is 1.78. The van der Waals surface area contributed by atoms with Crippen LogP contribution in [0, 0.1) is 5.92 Å². The monoisotopic (exact) mass is 277 g/mol. The van der Waals surface area contributed by atoms with Crippen LogP contribution in [0.3, 0.4) is 0 Å². The summed E-state index contributed by atoms with van der Waals surface area (Å²) >= 11 is 0. The molecular weight excluding hydrogens is 254 g/mol. The highest BCUT2D eigenvalue weighted by Gasteiger charge is 2.15. The van der Waals surface area contributed by atoms with Gasteiger partial charge in [-0.05, 0) is 44.0 Å². The van der Waals surface area contributed by atoms with Gasteiger partial charge in [0.2, 0.25) is 0 Å². The van der Waals surface area contributed by atoms with Crippen LogP contribution in [-0.2, 0) is 0 Å². The molecular formula is C14H23N5O. The molecule has 4 N–H and O–H groups in total. The predicted octanol–water partition coefficient (Wildman–Crippen LogP) is 0.829. The summed E-state index contributed by atoms with van der Waals surface area (Å²) in [6.45, 7) is 6.23. The first-order chi connectivity index (χ1) is 9.69. The van der Waals surface area contributed by atoms with Gasteiger partial charge in [0, 0.05) is 13.1 Å². The number of nitrogen functional groups attached to an aromatic ring is 1. The summed E-state index contributed by atoms with van der Waals surface area (Å²) in [5, 5.41) is 2.93. The molecule has 2 heterocycles. The number of aromatic nitrogens is 1. The first kappa shape index (κ1) is 14.7. The fourth-order valence-corrected chi connectivity index (χ4v) is 2.47. The zero-order valence-electron chi connectivity index (χ0n) is 11.9. The number of rotatable bonds is 6. The van der Waals surface area contributed by atoms with Gasteiger partial charge in [-0.2, -0.15) is 0 Å². The quantitative estimate of drug-likeness (QED) is 0.530. The average Bonchev–Trinajstić information content (AvgIpc) is 2.97. The lowest BCUT2D eigenvalue weighted by Crippen LogP contribution is -2.34. The molecule has 1 amide bonds. The Kier molecular flexibility index (Phi) is 5.31. The topological polar surface area (TPSA) is 83.3 Å². The summed E-state index contributed by atoms with van der Waals surface area (Å²) in [6.07, 6.45) is 2.59. The van der Waals surface area contributed by atoms with Crippen molar-refractivity contribution >= 4 is 11.7 Å². The molecule has 0 aliphatic carbocycles. The zero-order chi connectivity index (χ0) is 14.4. The average molecular weight is 277 g/mol. The van der Waals surface area contributed by atoms with Crippen LogP contribution in [0.1, 0.15) is 30.3 Å². The Morgan fingerprint density at radius 1 is 1.45 bits per heavy atom. The molecule has 1 aliphatic heterocycles. The molecule has 1 aromatic heterocycles. The maximum Gasteiger partial charge on any atom is 0.269 e. The second-order valence-electron chi connectivity index (χ2n) is 5.38. The minimum absolute atomic E-state index is 0.157. The second-order valence-corrected chi connectivity index (χ2v) is 5.38. The number of nitrogens with one attached hydrogen (secondary N) is 2. The molecule has 20 heavy (non-hydrogen) atoms. The number of hydrogen-bond donors (Lipinski definition) is 3. The smallest absolute Gasteiger partial charge is 0.269 e. The number of carbonyl (C=O) groups excluding carboxylic acids is 1. The Morgan fingerprint density at radius 3 is 2.90 bits per heavy atom. The Labute approximate surface area is 119 Å². The van der Waals surface area contributed by atoms with Crippen molar-refractivity contribution in [2.24, 2.45) is 11.8 Å². The van der Waals surface area contributed by atoms with E-state index in [4.69, 9.17) is 5.84 Å². The van der Waals surface area contributed by atoms with Gasteiger partial charge in [0.15, 0.2) is 0 Å². The molecule has 0 spiro atoms. The van der Waals surface area contributed by atoms with E-state index in [-0.39, 0.29) is 5.91 Å². The maximum absolute atomic E-state index is 12.0. The number of likely N-dealkylation sites (tertiary alicyclic amines) is 1. The van der Waals surface area contributed by atoms with Crippen LogP contribution in [0.15, 0.2) is 18.2 Å². The number of hydrazine groups is 1. The zero-order valence-corrected chi connectivity index (χ0v) is 11.9. The molecule has 0 aromatic carbocycles. The standard InChI is InChI=1S/C14H23N5O/c1-11(10-19-7-2-3-8-19)9-16-14(20)12-5-4-6-13(17-12)18-15/h4-6,11H,2-3,7-10,15H2,1H3,(H,16,20)(H,17,18). The summed E-state index contributed by atoms with van der Waals surface area (Å²) in [5.74, 6) is 6.05. The van der Waals surface area contributed by atoms with Crippen LogP contribution in [0.5, 0.6) is 0 Å². The minimum Gasteiger partial charge on any atom is -0.350 e. The van der Waals surface area contributed by atoms with Gasteiger partial charge in [-0.25, -0.2) is 10.8 Å². The van der Waals surface area contributed by atoms with Crippen molar-refractivity contribution in [1.82, 2.24) is 15.2 Å². The fourth-order valence-electron chi connectivity index (χ4n) is 2.47. The van der Waals surface area contributed by atoms with Crippen LogP contribution >= 0.6 is 0 Å². The molecule has 0 bridgehead atoms. The molecule has 110 valence electrons. The largest absolute Gasteiger partial charge is 0.350 e. The molecule has 2 rings (SSSR count). The normalized spacial score (nSPS) is 16.9. The van der Waals surface area contributed by atoms with E-state index >= 15 is 0 Å². The van der Waals surface area contributed by atoms with Crippen molar-refractivity contribution < 1.29 is 4.79 Å². The van der Waals surface area contributed by atoms with Gasteiger partial charge < -0.3 is 15.6 Å². The van der Waals surface area contributed by atoms with E-state index in [0.29, 0.717) is 24.0 Å². The molecule has 1 atom stereocenters. The van der Waals surface area contributed by atoms with Crippen LogP contribution in [0.25, 0.3) is 0 Å². The molecule has 6 heteroatoms. The van der Waals surface area contributed by atoms with Gasteiger partial charge >= 0.3 is 0 Å². The van der Waals surface area contributed by atoms with Crippen molar-refractivity contribution in [2.75, 3.05) is 31.6 Å². The molecule has 6 nitrogen and oxygen atoms in total. The highest BCUT2D eigenvalue weighted by molar-refractivity contribution is 5.92. The highest BCUT2D eigenvalue weighted by Crippen LogP contribution is 2.10. The van der Waals surface area contributed by atoms with E-state index in [1.807, 2.05) is 0 Å². The number of nitrogens with zero attached hydrogens (tertiary/aromatic N) is 2. The molecule has 0 radical (unpaired) electrons.